The summed E-state index contributed by atoms with van der Waals surface area (Å²) in [6, 6.07) is 14.0. The van der Waals surface area contributed by atoms with Crippen LogP contribution in [0.2, 0.25) is 0 Å². The number of nitrogen functional groups attached to an aromatic ring is 2. The largest absolute Gasteiger partial charge is 0.459 e. The minimum atomic E-state index is -0.310. The van der Waals surface area contributed by atoms with Crippen LogP contribution in [0.25, 0.3) is 0 Å². The molecule has 0 aromatic heterocycles. The highest BCUT2D eigenvalue weighted by Crippen LogP contribution is 2.69. The van der Waals surface area contributed by atoms with E-state index in [0.717, 1.165) is 43.4 Å². The van der Waals surface area contributed by atoms with Crippen LogP contribution in [0.4, 0.5) is 11.4 Å². The zero-order chi connectivity index (χ0) is 33.5. The zero-order valence-electron chi connectivity index (χ0n) is 29.4. The number of hydrogen-bond acceptors (Lipinski definition) is 6. The number of nitrogens with two attached hydrogens (primary N) is 2. The van der Waals surface area contributed by atoms with E-state index in [9.17, 15) is 9.59 Å². The Hall–Kier alpha value is -3.02. The van der Waals surface area contributed by atoms with Crippen molar-refractivity contribution in [3.63, 3.8) is 0 Å². The quantitative estimate of drug-likeness (QED) is 0.209. The zero-order valence-corrected chi connectivity index (χ0v) is 29.4. The third-order valence-electron chi connectivity index (χ3n) is 13.6. The van der Waals surface area contributed by atoms with Crippen molar-refractivity contribution in [3.05, 3.63) is 59.7 Å². The van der Waals surface area contributed by atoms with Gasteiger partial charge in [-0.25, -0.2) is 9.59 Å². The molecule has 0 spiro atoms. The predicted octanol–water partition coefficient (Wildman–Crippen LogP) is 9.33. The van der Waals surface area contributed by atoms with Gasteiger partial charge in [-0.1, -0.05) is 53.9 Å². The minimum absolute atomic E-state index is 0.0291. The Balaban J connectivity index is 1.24. The molecule has 4 saturated carbocycles. The third-order valence-corrected chi connectivity index (χ3v) is 13.6. The van der Waals surface area contributed by atoms with Gasteiger partial charge in [0.05, 0.1) is 11.1 Å². The van der Waals surface area contributed by atoms with Gasteiger partial charge < -0.3 is 20.9 Å². The van der Waals surface area contributed by atoms with Crippen LogP contribution in [0.3, 0.4) is 0 Å². The molecule has 2 aromatic rings. The predicted molar refractivity (Wildman–Crippen MR) is 189 cm³/mol. The fourth-order valence-corrected chi connectivity index (χ4v) is 11.2. The summed E-state index contributed by atoms with van der Waals surface area (Å²) in [7, 11) is 0. The normalized spacial score (nSPS) is 35.3. The van der Waals surface area contributed by atoms with Crippen molar-refractivity contribution in [2.75, 3.05) is 11.5 Å². The summed E-state index contributed by atoms with van der Waals surface area (Å²) >= 11 is 0. The molecule has 4 N–H and O–H groups in total. The number of hydrogen-bond donors (Lipinski definition) is 2. The van der Waals surface area contributed by atoms with Gasteiger partial charge in [-0.2, -0.15) is 0 Å². The van der Waals surface area contributed by atoms with Crippen molar-refractivity contribution >= 4 is 23.3 Å². The lowest BCUT2D eigenvalue weighted by Crippen LogP contribution is -2.59. The first kappa shape index (κ1) is 33.9. The summed E-state index contributed by atoms with van der Waals surface area (Å²) in [5.74, 6) is 3.63. The number of esters is 2. The van der Waals surface area contributed by atoms with Crippen LogP contribution in [0, 0.1) is 52.3 Å². The van der Waals surface area contributed by atoms with Crippen LogP contribution in [0.5, 0.6) is 0 Å². The Morgan fingerprint density at radius 1 is 0.723 bits per heavy atom. The highest BCUT2D eigenvalue weighted by atomic mass is 16.6. The van der Waals surface area contributed by atoms with Gasteiger partial charge in [0.25, 0.3) is 0 Å². The Morgan fingerprint density at radius 2 is 1.30 bits per heavy atom. The molecular weight excluding hydrogens is 584 g/mol. The van der Waals surface area contributed by atoms with Crippen LogP contribution in [0.1, 0.15) is 126 Å². The average Bonchev–Trinajstić information content (AvgIpc) is 3.39. The molecule has 2 aromatic carbocycles. The number of anilines is 2. The topological polar surface area (TPSA) is 105 Å². The van der Waals surface area contributed by atoms with Gasteiger partial charge in [0.1, 0.15) is 12.2 Å². The lowest BCUT2D eigenvalue weighted by molar-refractivity contribution is -0.174. The van der Waals surface area contributed by atoms with Crippen molar-refractivity contribution in [1.82, 2.24) is 0 Å². The molecule has 0 saturated heterocycles. The lowest BCUT2D eigenvalue weighted by Gasteiger charge is -2.62. The highest BCUT2D eigenvalue weighted by molar-refractivity contribution is 5.90. The van der Waals surface area contributed by atoms with E-state index in [1.54, 1.807) is 48.5 Å². The van der Waals surface area contributed by atoms with Gasteiger partial charge in [-0.05, 0) is 146 Å². The molecular formula is C41H58N2O4. The summed E-state index contributed by atoms with van der Waals surface area (Å²) < 4.78 is 12.7. The summed E-state index contributed by atoms with van der Waals surface area (Å²) in [5.41, 5.74) is 14.5. The number of carbonyl (C=O) groups excluding carboxylic acids is 2. The molecule has 4 aliphatic carbocycles. The fraction of sp³-hybridized carbons (Fsp3) is 0.659. The minimum Gasteiger partial charge on any atom is -0.459 e. The van der Waals surface area contributed by atoms with Gasteiger partial charge in [-0.15, -0.1) is 0 Å². The Morgan fingerprint density at radius 3 is 1.91 bits per heavy atom. The third kappa shape index (κ3) is 6.68. The van der Waals surface area contributed by atoms with Crippen molar-refractivity contribution < 1.29 is 19.1 Å². The molecule has 256 valence electrons. The Bertz CT molecular complexity index is 1410. The number of carbonyl (C=O) groups is 2. The molecule has 0 amide bonds. The molecule has 6 nitrogen and oxygen atoms in total. The van der Waals surface area contributed by atoms with Crippen LogP contribution < -0.4 is 11.5 Å². The molecule has 6 rings (SSSR count). The second-order valence-corrected chi connectivity index (χ2v) is 16.7. The maximum absolute atomic E-state index is 13.7. The molecule has 0 radical (unpaired) electrons. The van der Waals surface area contributed by atoms with Crippen LogP contribution in [-0.4, -0.2) is 24.1 Å². The van der Waals surface area contributed by atoms with E-state index >= 15 is 0 Å². The van der Waals surface area contributed by atoms with Gasteiger partial charge in [0.15, 0.2) is 0 Å². The number of ether oxygens (including phenoxy) is 2. The van der Waals surface area contributed by atoms with Crippen molar-refractivity contribution in [3.8, 4) is 0 Å². The van der Waals surface area contributed by atoms with Gasteiger partial charge in [0, 0.05) is 17.3 Å². The smallest absolute Gasteiger partial charge is 0.338 e. The summed E-state index contributed by atoms with van der Waals surface area (Å²) in [4.78, 5) is 26.8. The molecule has 4 aliphatic rings. The fourth-order valence-electron chi connectivity index (χ4n) is 11.2. The lowest BCUT2D eigenvalue weighted by atomic mass is 9.43. The first-order chi connectivity index (χ1) is 22.4. The summed E-state index contributed by atoms with van der Waals surface area (Å²) in [6.45, 7) is 12.3. The average molecular weight is 643 g/mol. The molecule has 4 fully saturated rings. The first-order valence-corrected chi connectivity index (χ1v) is 18.5. The molecule has 0 heterocycles. The molecule has 6 heteroatoms. The van der Waals surface area contributed by atoms with E-state index in [0.29, 0.717) is 45.7 Å². The molecule has 47 heavy (non-hydrogen) atoms. The van der Waals surface area contributed by atoms with E-state index in [-0.39, 0.29) is 35.5 Å². The maximum atomic E-state index is 13.7. The number of benzene rings is 2. The summed E-state index contributed by atoms with van der Waals surface area (Å²) in [6.07, 6.45) is 12.2. The molecule has 0 aliphatic heterocycles. The van der Waals surface area contributed by atoms with Crippen LogP contribution >= 0.6 is 0 Å². The van der Waals surface area contributed by atoms with E-state index in [1.807, 2.05) is 0 Å². The molecule has 3 unspecified atom stereocenters. The molecule has 0 bridgehead atoms. The van der Waals surface area contributed by atoms with Gasteiger partial charge >= 0.3 is 11.9 Å². The number of rotatable bonds is 9. The van der Waals surface area contributed by atoms with Crippen molar-refractivity contribution in [2.24, 2.45) is 52.3 Å². The van der Waals surface area contributed by atoms with E-state index in [2.05, 4.69) is 34.6 Å². The summed E-state index contributed by atoms with van der Waals surface area (Å²) in [5, 5.41) is 0. The second-order valence-electron chi connectivity index (χ2n) is 16.7. The Kier molecular flexibility index (Phi) is 9.71. The SMILES string of the molecule is CC(C)CCC[C@@H](C)[C@H]1CC[C@H]2[C@@H]3CC(OC(=O)c4ccc(N)cc4)C4CC(OC(=O)c5ccc(N)cc5)CC[C@]4(C)[C@H]3CC[C@]12C. The standard InChI is InChI=1S/C41H58N2O4/c1-25(2)7-6-8-26(3)33-17-18-34-32-24-37(47-39(45)28-11-15-30(43)16-12-28)36-23-31(46-38(44)27-9-13-29(42)14-10-27)19-21-41(36,5)35(32)20-22-40(33,34)4/h9-16,25-26,31-37H,6-8,17-24,42-43H2,1-5H3/t26-,31?,32+,33-,34+,35+,36?,37?,40-,41-/m1/s1. The monoisotopic (exact) mass is 642 g/mol. The van der Waals surface area contributed by atoms with Crippen LogP contribution in [-0.2, 0) is 9.47 Å². The van der Waals surface area contributed by atoms with Crippen LogP contribution in [0.15, 0.2) is 48.5 Å². The van der Waals surface area contributed by atoms with E-state index in [1.165, 1.54) is 44.9 Å². The second kappa shape index (κ2) is 13.5. The van der Waals surface area contributed by atoms with Gasteiger partial charge in [0.2, 0.25) is 0 Å². The first-order valence-electron chi connectivity index (χ1n) is 18.5. The van der Waals surface area contributed by atoms with Crippen molar-refractivity contribution in [1.29, 1.82) is 0 Å². The Labute approximate surface area is 282 Å². The maximum Gasteiger partial charge on any atom is 0.338 e. The molecule has 10 atom stereocenters. The van der Waals surface area contributed by atoms with E-state index < -0.39 is 0 Å². The highest BCUT2D eigenvalue weighted by Gasteiger charge is 2.63. The van der Waals surface area contributed by atoms with E-state index in [4.69, 9.17) is 20.9 Å². The van der Waals surface area contributed by atoms with Gasteiger partial charge in [-0.3, -0.25) is 0 Å². The number of fused-ring (bicyclic) bond motifs is 5. The van der Waals surface area contributed by atoms with Crippen molar-refractivity contribution in [2.45, 2.75) is 117 Å².